The van der Waals surface area contributed by atoms with Crippen molar-refractivity contribution in [3.05, 3.63) is 35.9 Å². The maximum Gasteiger partial charge on any atom is 0.226 e. The average Bonchev–Trinajstić information content (AvgIpc) is 2.98. The molecule has 110 valence electrons. The number of hydrogen-bond donors (Lipinski definition) is 2. The van der Waals surface area contributed by atoms with Crippen LogP contribution in [0.2, 0.25) is 0 Å². The van der Waals surface area contributed by atoms with Crippen LogP contribution >= 0.6 is 0 Å². The van der Waals surface area contributed by atoms with E-state index in [1.165, 1.54) is 0 Å². The van der Waals surface area contributed by atoms with Crippen LogP contribution in [0.15, 0.2) is 30.3 Å². The van der Waals surface area contributed by atoms with Gasteiger partial charge in [0, 0.05) is 12.0 Å². The number of nitrogens with one attached hydrogen (secondary N) is 1. The summed E-state index contributed by atoms with van der Waals surface area (Å²) in [6, 6.07) is 10.0. The van der Waals surface area contributed by atoms with Crippen molar-refractivity contribution in [1.29, 1.82) is 0 Å². The lowest BCUT2D eigenvalue weighted by molar-refractivity contribution is -0.133. The maximum absolute atomic E-state index is 12.8. The molecule has 3 heteroatoms. The van der Waals surface area contributed by atoms with E-state index in [4.69, 9.17) is 5.73 Å². The zero-order valence-electron chi connectivity index (χ0n) is 12.6. The summed E-state index contributed by atoms with van der Waals surface area (Å²) < 4.78 is 0. The van der Waals surface area contributed by atoms with Crippen LogP contribution in [-0.4, -0.2) is 12.5 Å². The first-order chi connectivity index (χ1) is 9.56. The zero-order valence-corrected chi connectivity index (χ0v) is 12.6. The molecular weight excluding hydrogens is 248 g/mol. The molecule has 1 amide bonds. The van der Waals surface area contributed by atoms with Crippen LogP contribution < -0.4 is 11.1 Å². The third-order valence-electron chi connectivity index (χ3n) is 4.93. The summed E-state index contributed by atoms with van der Waals surface area (Å²) in [6.07, 6.45) is 5.24. The lowest BCUT2D eigenvalue weighted by Gasteiger charge is -2.35. The highest BCUT2D eigenvalue weighted by atomic mass is 16.2. The van der Waals surface area contributed by atoms with Crippen LogP contribution in [0.5, 0.6) is 0 Å². The predicted molar refractivity (Wildman–Crippen MR) is 82.2 cm³/mol. The van der Waals surface area contributed by atoms with Gasteiger partial charge in [-0.05, 0) is 31.7 Å². The van der Waals surface area contributed by atoms with Crippen LogP contribution in [0.3, 0.4) is 0 Å². The minimum atomic E-state index is -0.483. The van der Waals surface area contributed by atoms with Gasteiger partial charge in [0.2, 0.25) is 5.91 Å². The van der Waals surface area contributed by atoms with Gasteiger partial charge in [0.05, 0.1) is 5.54 Å². The second kappa shape index (κ2) is 5.96. The van der Waals surface area contributed by atoms with Gasteiger partial charge in [-0.25, -0.2) is 0 Å². The molecule has 0 aromatic heterocycles. The standard InChI is InChI=1S/C17H26N2O/c1-3-17(11-7-8-12-17)15(20)19-16(2,13-18)14-9-5-4-6-10-14/h4-6,9-10H,3,7-8,11-13,18H2,1-2H3,(H,19,20). The summed E-state index contributed by atoms with van der Waals surface area (Å²) in [5.74, 6) is 0.175. The summed E-state index contributed by atoms with van der Waals surface area (Å²) in [6.45, 7) is 4.54. The van der Waals surface area contributed by atoms with E-state index in [0.29, 0.717) is 6.54 Å². The molecule has 3 nitrogen and oxygen atoms in total. The monoisotopic (exact) mass is 274 g/mol. The molecule has 1 saturated carbocycles. The largest absolute Gasteiger partial charge is 0.345 e. The summed E-state index contributed by atoms with van der Waals surface area (Å²) >= 11 is 0. The van der Waals surface area contributed by atoms with E-state index in [9.17, 15) is 4.79 Å². The first-order valence-electron chi connectivity index (χ1n) is 7.64. The Balaban J connectivity index is 2.20. The Hall–Kier alpha value is -1.35. The Kier molecular flexibility index (Phi) is 4.48. The van der Waals surface area contributed by atoms with Gasteiger partial charge in [-0.3, -0.25) is 4.79 Å². The quantitative estimate of drug-likeness (QED) is 0.867. The van der Waals surface area contributed by atoms with Crippen LogP contribution in [0.25, 0.3) is 0 Å². The Morgan fingerprint density at radius 3 is 2.40 bits per heavy atom. The second-order valence-corrected chi connectivity index (χ2v) is 6.20. The first kappa shape index (κ1) is 15.0. The van der Waals surface area contributed by atoms with Crippen molar-refractivity contribution >= 4 is 5.91 Å². The lowest BCUT2D eigenvalue weighted by Crippen LogP contribution is -2.53. The molecule has 0 radical (unpaired) electrons. The van der Waals surface area contributed by atoms with Crippen LogP contribution in [0, 0.1) is 5.41 Å². The number of amides is 1. The molecule has 20 heavy (non-hydrogen) atoms. The molecule has 1 aromatic carbocycles. The molecule has 0 saturated heterocycles. The van der Waals surface area contributed by atoms with Gasteiger partial charge in [0.1, 0.15) is 0 Å². The fourth-order valence-corrected chi connectivity index (χ4v) is 3.22. The van der Waals surface area contributed by atoms with Crippen molar-refractivity contribution in [2.45, 2.75) is 51.5 Å². The molecule has 1 fully saturated rings. The predicted octanol–water partition coefficient (Wildman–Crippen LogP) is 2.95. The molecule has 0 bridgehead atoms. The van der Waals surface area contributed by atoms with E-state index in [0.717, 1.165) is 37.7 Å². The van der Waals surface area contributed by atoms with Gasteiger partial charge in [-0.15, -0.1) is 0 Å². The molecular formula is C17H26N2O. The molecule has 3 N–H and O–H groups in total. The Labute approximate surface area is 121 Å². The van der Waals surface area contributed by atoms with Crippen LogP contribution in [0.4, 0.5) is 0 Å². The van der Waals surface area contributed by atoms with Crippen molar-refractivity contribution < 1.29 is 4.79 Å². The average molecular weight is 274 g/mol. The Morgan fingerprint density at radius 1 is 1.30 bits per heavy atom. The molecule has 1 aliphatic carbocycles. The molecule has 1 aromatic rings. The van der Waals surface area contributed by atoms with E-state index in [-0.39, 0.29) is 11.3 Å². The molecule has 0 heterocycles. The van der Waals surface area contributed by atoms with E-state index in [1.807, 2.05) is 37.3 Å². The summed E-state index contributed by atoms with van der Waals surface area (Å²) in [5, 5.41) is 3.23. The van der Waals surface area contributed by atoms with Crippen molar-refractivity contribution in [1.82, 2.24) is 5.32 Å². The van der Waals surface area contributed by atoms with Gasteiger partial charge in [0.25, 0.3) is 0 Å². The van der Waals surface area contributed by atoms with E-state index < -0.39 is 5.54 Å². The second-order valence-electron chi connectivity index (χ2n) is 6.20. The highest BCUT2D eigenvalue weighted by molar-refractivity contribution is 5.83. The molecule has 1 aliphatic rings. The minimum absolute atomic E-state index is 0.175. The van der Waals surface area contributed by atoms with E-state index >= 15 is 0 Å². The van der Waals surface area contributed by atoms with Crippen molar-refractivity contribution in [3.8, 4) is 0 Å². The zero-order chi connectivity index (χ0) is 14.6. The number of benzene rings is 1. The minimum Gasteiger partial charge on any atom is -0.345 e. The maximum atomic E-state index is 12.8. The fourth-order valence-electron chi connectivity index (χ4n) is 3.22. The third kappa shape index (κ3) is 2.73. The molecule has 1 atom stereocenters. The number of carbonyl (C=O) groups excluding carboxylic acids is 1. The van der Waals surface area contributed by atoms with Gasteiger partial charge in [-0.1, -0.05) is 50.1 Å². The number of rotatable bonds is 5. The molecule has 0 aliphatic heterocycles. The summed E-state index contributed by atoms with van der Waals surface area (Å²) in [4.78, 5) is 12.8. The molecule has 1 unspecified atom stereocenters. The number of carbonyl (C=O) groups is 1. The van der Waals surface area contributed by atoms with Gasteiger partial charge in [-0.2, -0.15) is 0 Å². The SMILES string of the molecule is CCC1(C(=O)NC(C)(CN)c2ccccc2)CCCC1. The highest BCUT2D eigenvalue weighted by Gasteiger charge is 2.42. The number of hydrogen-bond acceptors (Lipinski definition) is 2. The normalized spacial score (nSPS) is 20.4. The molecule has 2 rings (SSSR count). The lowest BCUT2D eigenvalue weighted by atomic mass is 9.80. The fraction of sp³-hybridized carbons (Fsp3) is 0.588. The van der Waals surface area contributed by atoms with Crippen LogP contribution in [-0.2, 0) is 10.3 Å². The number of nitrogens with two attached hydrogens (primary N) is 1. The first-order valence-corrected chi connectivity index (χ1v) is 7.64. The smallest absolute Gasteiger partial charge is 0.226 e. The van der Waals surface area contributed by atoms with Gasteiger partial charge < -0.3 is 11.1 Å². The van der Waals surface area contributed by atoms with E-state index in [2.05, 4.69) is 12.2 Å². The van der Waals surface area contributed by atoms with Crippen molar-refractivity contribution in [2.24, 2.45) is 11.1 Å². The van der Waals surface area contributed by atoms with Gasteiger partial charge >= 0.3 is 0 Å². The highest BCUT2D eigenvalue weighted by Crippen LogP contribution is 2.41. The van der Waals surface area contributed by atoms with E-state index in [1.54, 1.807) is 0 Å². The van der Waals surface area contributed by atoms with Crippen LogP contribution in [0.1, 0.15) is 51.5 Å². The molecule has 0 spiro atoms. The third-order valence-corrected chi connectivity index (χ3v) is 4.93. The van der Waals surface area contributed by atoms with Gasteiger partial charge in [0.15, 0.2) is 0 Å². The van der Waals surface area contributed by atoms with Crippen molar-refractivity contribution in [3.63, 3.8) is 0 Å². The Bertz CT molecular complexity index is 451. The summed E-state index contributed by atoms with van der Waals surface area (Å²) in [5.41, 5.74) is 6.37. The topological polar surface area (TPSA) is 55.1 Å². The Morgan fingerprint density at radius 2 is 1.90 bits per heavy atom. The summed E-state index contributed by atoms with van der Waals surface area (Å²) in [7, 11) is 0. The van der Waals surface area contributed by atoms with Crippen molar-refractivity contribution in [2.75, 3.05) is 6.54 Å².